The molecule has 2 rings (SSSR count). The molecule has 1 aliphatic rings. The molecule has 1 aromatic rings. The largest absolute Gasteiger partial charge is 0.493 e. The van der Waals surface area contributed by atoms with E-state index in [1.165, 1.54) is 27.4 Å². The SMILES string of the molecule is C=CCOC(=O)C1(c2ccc(OC)c(OC)c2OC)CCCC1=O. The van der Waals surface area contributed by atoms with Crippen LogP contribution in [-0.2, 0) is 19.7 Å². The number of ether oxygens (including phenoxy) is 4. The molecule has 0 spiro atoms. The van der Waals surface area contributed by atoms with E-state index >= 15 is 0 Å². The Hall–Kier alpha value is -2.50. The lowest BCUT2D eigenvalue weighted by Gasteiger charge is -2.28. The molecule has 0 aliphatic heterocycles. The first-order chi connectivity index (χ1) is 11.6. The topological polar surface area (TPSA) is 71.1 Å². The Bertz CT molecular complexity index is 651. The average molecular weight is 334 g/mol. The summed E-state index contributed by atoms with van der Waals surface area (Å²) >= 11 is 0. The molecule has 0 radical (unpaired) electrons. The Balaban J connectivity index is 2.65. The van der Waals surface area contributed by atoms with Crippen LogP contribution in [0.4, 0.5) is 0 Å². The van der Waals surface area contributed by atoms with Crippen molar-refractivity contribution in [3.05, 3.63) is 30.4 Å². The van der Waals surface area contributed by atoms with Gasteiger partial charge in [0.05, 0.1) is 21.3 Å². The molecular formula is C18H22O6. The van der Waals surface area contributed by atoms with Crippen molar-refractivity contribution < 1.29 is 28.5 Å². The van der Waals surface area contributed by atoms with Gasteiger partial charge in [0.2, 0.25) is 5.75 Å². The van der Waals surface area contributed by atoms with Gasteiger partial charge in [-0.05, 0) is 25.0 Å². The minimum Gasteiger partial charge on any atom is -0.493 e. The number of rotatable bonds is 7. The zero-order valence-electron chi connectivity index (χ0n) is 14.2. The van der Waals surface area contributed by atoms with Crippen LogP contribution in [-0.4, -0.2) is 39.7 Å². The fourth-order valence-corrected chi connectivity index (χ4v) is 3.17. The number of hydrogen-bond donors (Lipinski definition) is 0. The van der Waals surface area contributed by atoms with Crippen molar-refractivity contribution in [1.29, 1.82) is 0 Å². The van der Waals surface area contributed by atoms with Crippen molar-refractivity contribution >= 4 is 11.8 Å². The van der Waals surface area contributed by atoms with Crippen molar-refractivity contribution in [3.63, 3.8) is 0 Å². The zero-order chi connectivity index (χ0) is 17.7. The molecule has 1 aromatic carbocycles. The maximum Gasteiger partial charge on any atom is 0.324 e. The second-order valence-corrected chi connectivity index (χ2v) is 5.45. The highest BCUT2D eigenvalue weighted by Gasteiger charge is 2.53. The first kappa shape index (κ1) is 17.8. The van der Waals surface area contributed by atoms with E-state index in [-0.39, 0.29) is 12.4 Å². The smallest absolute Gasteiger partial charge is 0.324 e. The monoisotopic (exact) mass is 334 g/mol. The van der Waals surface area contributed by atoms with Crippen molar-refractivity contribution in [1.82, 2.24) is 0 Å². The lowest BCUT2D eigenvalue weighted by atomic mass is 9.77. The summed E-state index contributed by atoms with van der Waals surface area (Å²) in [4.78, 5) is 25.4. The van der Waals surface area contributed by atoms with Crippen LogP contribution in [0.2, 0.25) is 0 Å². The van der Waals surface area contributed by atoms with Crippen LogP contribution in [0.3, 0.4) is 0 Å². The molecule has 0 saturated heterocycles. The van der Waals surface area contributed by atoms with Gasteiger partial charge in [0.15, 0.2) is 22.7 Å². The molecule has 6 nitrogen and oxygen atoms in total. The van der Waals surface area contributed by atoms with E-state index in [0.29, 0.717) is 42.1 Å². The van der Waals surface area contributed by atoms with Gasteiger partial charge in [0, 0.05) is 12.0 Å². The Labute approximate surface area is 141 Å². The van der Waals surface area contributed by atoms with E-state index in [1.54, 1.807) is 12.1 Å². The van der Waals surface area contributed by atoms with Crippen LogP contribution in [0.25, 0.3) is 0 Å². The van der Waals surface area contributed by atoms with Gasteiger partial charge in [0.1, 0.15) is 6.61 Å². The normalized spacial score (nSPS) is 19.7. The van der Waals surface area contributed by atoms with Gasteiger partial charge in [-0.15, -0.1) is 0 Å². The van der Waals surface area contributed by atoms with Crippen molar-refractivity contribution in [2.24, 2.45) is 0 Å². The lowest BCUT2D eigenvalue weighted by molar-refractivity contribution is -0.152. The van der Waals surface area contributed by atoms with Crippen molar-refractivity contribution in [3.8, 4) is 17.2 Å². The molecule has 1 saturated carbocycles. The summed E-state index contributed by atoms with van der Waals surface area (Å²) in [6.07, 6.45) is 2.77. The summed E-state index contributed by atoms with van der Waals surface area (Å²) in [5.74, 6) is 0.339. The molecular weight excluding hydrogens is 312 g/mol. The molecule has 1 atom stereocenters. The van der Waals surface area contributed by atoms with Gasteiger partial charge < -0.3 is 18.9 Å². The van der Waals surface area contributed by atoms with Gasteiger partial charge in [-0.25, -0.2) is 0 Å². The molecule has 0 aromatic heterocycles. The third-order valence-electron chi connectivity index (χ3n) is 4.28. The number of benzene rings is 1. The number of methoxy groups -OCH3 is 3. The summed E-state index contributed by atoms with van der Waals surface area (Å²) in [5, 5.41) is 0. The highest BCUT2D eigenvalue weighted by molar-refractivity contribution is 6.11. The van der Waals surface area contributed by atoms with E-state index < -0.39 is 11.4 Å². The number of Topliss-reactive ketones (excluding diaryl/α,β-unsaturated/α-hetero) is 1. The highest BCUT2D eigenvalue weighted by atomic mass is 16.5. The van der Waals surface area contributed by atoms with Gasteiger partial charge in [-0.3, -0.25) is 9.59 Å². The van der Waals surface area contributed by atoms with Crippen LogP contribution in [0.5, 0.6) is 17.2 Å². The number of carbonyl (C=O) groups excluding carboxylic acids is 2. The second kappa shape index (κ2) is 7.38. The van der Waals surface area contributed by atoms with Crippen LogP contribution in [0.15, 0.2) is 24.8 Å². The molecule has 24 heavy (non-hydrogen) atoms. The van der Waals surface area contributed by atoms with Crippen LogP contribution < -0.4 is 14.2 Å². The molecule has 1 unspecified atom stereocenters. The fraction of sp³-hybridized carbons (Fsp3) is 0.444. The van der Waals surface area contributed by atoms with Gasteiger partial charge in [-0.2, -0.15) is 0 Å². The summed E-state index contributed by atoms with van der Waals surface area (Å²) in [6, 6.07) is 3.32. The third-order valence-corrected chi connectivity index (χ3v) is 4.28. The van der Waals surface area contributed by atoms with Crippen LogP contribution in [0, 0.1) is 0 Å². The Morgan fingerprint density at radius 3 is 2.42 bits per heavy atom. The van der Waals surface area contributed by atoms with E-state index in [4.69, 9.17) is 18.9 Å². The van der Waals surface area contributed by atoms with E-state index in [0.717, 1.165) is 0 Å². The predicted octanol–water partition coefficient (Wildman–Crippen LogP) is 2.43. The third kappa shape index (κ3) is 2.72. The molecule has 0 N–H and O–H groups in total. The van der Waals surface area contributed by atoms with Crippen LogP contribution in [0.1, 0.15) is 24.8 Å². The van der Waals surface area contributed by atoms with Crippen molar-refractivity contribution in [2.75, 3.05) is 27.9 Å². The number of hydrogen-bond acceptors (Lipinski definition) is 6. The Kier molecular flexibility index (Phi) is 5.49. The van der Waals surface area contributed by atoms with E-state index in [1.807, 2.05) is 0 Å². The Morgan fingerprint density at radius 1 is 1.21 bits per heavy atom. The molecule has 0 heterocycles. The van der Waals surface area contributed by atoms with Crippen molar-refractivity contribution in [2.45, 2.75) is 24.7 Å². The predicted molar refractivity (Wildman–Crippen MR) is 87.8 cm³/mol. The van der Waals surface area contributed by atoms with Gasteiger partial charge in [0.25, 0.3) is 0 Å². The maximum atomic E-state index is 12.7. The number of carbonyl (C=O) groups is 2. The van der Waals surface area contributed by atoms with Gasteiger partial charge >= 0.3 is 5.97 Å². The summed E-state index contributed by atoms with van der Waals surface area (Å²) < 4.78 is 21.3. The second-order valence-electron chi connectivity index (χ2n) is 5.45. The lowest BCUT2D eigenvalue weighted by Crippen LogP contribution is -2.41. The molecule has 6 heteroatoms. The minimum absolute atomic E-state index is 0.0451. The van der Waals surface area contributed by atoms with E-state index in [9.17, 15) is 9.59 Å². The van der Waals surface area contributed by atoms with E-state index in [2.05, 4.69) is 6.58 Å². The quantitative estimate of drug-likeness (QED) is 0.433. The highest BCUT2D eigenvalue weighted by Crippen LogP contribution is 2.49. The number of esters is 1. The maximum absolute atomic E-state index is 12.7. The first-order valence-electron chi connectivity index (χ1n) is 7.67. The zero-order valence-corrected chi connectivity index (χ0v) is 14.2. The summed E-state index contributed by atoms with van der Waals surface area (Å²) in [5.41, 5.74) is -0.937. The molecule has 0 bridgehead atoms. The summed E-state index contributed by atoms with van der Waals surface area (Å²) in [6.45, 7) is 3.58. The van der Waals surface area contributed by atoms with Crippen LogP contribution >= 0.6 is 0 Å². The summed E-state index contributed by atoms with van der Waals surface area (Å²) in [7, 11) is 4.44. The first-order valence-corrected chi connectivity index (χ1v) is 7.67. The molecule has 1 aliphatic carbocycles. The standard InChI is InChI=1S/C18H22O6/c1-5-11-24-17(20)18(10-6-7-14(18)19)12-8-9-13(21-2)16(23-4)15(12)22-3/h5,8-9H,1,6-7,10-11H2,2-4H3. The van der Waals surface area contributed by atoms with Gasteiger partial charge in [-0.1, -0.05) is 12.7 Å². The fourth-order valence-electron chi connectivity index (χ4n) is 3.17. The molecule has 130 valence electrons. The average Bonchev–Trinajstić information content (AvgIpc) is 3.00. The number of ketones is 1. The Morgan fingerprint density at radius 2 is 1.92 bits per heavy atom. The minimum atomic E-state index is -1.38. The molecule has 1 fully saturated rings. The molecule has 0 amide bonds.